The zero-order valence-electron chi connectivity index (χ0n) is 4.19. The molecule has 0 fully saturated rings. The Kier molecular flexibility index (Phi) is 1.80. The minimum Gasteiger partial charge on any atom is -0.402 e. The summed E-state index contributed by atoms with van der Waals surface area (Å²) in [5.41, 5.74) is 0. The van der Waals surface area contributed by atoms with Crippen LogP contribution in [0.2, 0.25) is 0 Å². The van der Waals surface area contributed by atoms with E-state index in [0.29, 0.717) is 5.94 Å². The Morgan fingerprint density at radius 1 is 1.75 bits per heavy atom. The number of rotatable bonds is 2. The van der Waals surface area contributed by atoms with Crippen molar-refractivity contribution in [3.8, 4) is 0 Å². The van der Waals surface area contributed by atoms with Gasteiger partial charge in [-0.15, -0.1) is 12.6 Å². The van der Waals surface area contributed by atoms with E-state index in [1.165, 1.54) is 4.73 Å². The fourth-order valence-corrected chi connectivity index (χ4v) is 0.523. The van der Waals surface area contributed by atoms with Gasteiger partial charge in [0, 0.05) is 6.20 Å². The number of imidazole rings is 1. The quantitative estimate of drug-likeness (QED) is 0.457. The molecule has 1 rings (SSSR count). The Balaban J connectivity index is 2.50. The smallest absolute Gasteiger partial charge is 0.157 e. The lowest BCUT2D eigenvalue weighted by atomic mass is 11.0. The van der Waals surface area contributed by atoms with Crippen LogP contribution in [-0.4, -0.2) is 15.7 Å². The second kappa shape index (κ2) is 2.61. The molecule has 0 aliphatic carbocycles. The third-order valence-electron chi connectivity index (χ3n) is 0.687. The summed E-state index contributed by atoms with van der Waals surface area (Å²) < 4.78 is 1.49. The Hall–Kier alpha value is -0.640. The molecule has 0 radical (unpaired) electrons. The maximum absolute atomic E-state index is 4.86. The molecule has 0 bridgehead atoms. The Labute approximate surface area is 52.7 Å². The molecule has 0 N–H and O–H groups in total. The topological polar surface area (TPSA) is 27.1 Å². The summed E-state index contributed by atoms with van der Waals surface area (Å²) in [7, 11) is 0. The van der Waals surface area contributed by atoms with Crippen molar-refractivity contribution in [3.63, 3.8) is 0 Å². The maximum Gasteiger partial charge on any atom is 0.157 e. The molecule has 3 nitrogen and oxygen atoms in total. The van der Waals surface area contributed by atoms with Crippen LogP contribution >= 0.6 is 12.6 Å². The average molecular weight is 130 g/mol. The van der Waals surface area contributed by atoms with Crippen molar-refractivity contribution in [3.05, 3.63) is 18.7 Å². The first kappa shape index (κ1) is 5.50. The Bertz CT molecular complexity index is 140. The van der Waals surface area contributed by atoms with Crippen LogP contribution in [0.5, 0.6) is 0 Å². The number of nitrogens with zero attached hydrogens (tertiary/aromatic N) is 2. The molecule has 0 aliphatic heterocycles. The van der Waals surface area contributed by atoms with Crippen molar-refractivity contribution < 1.29 is 4.84 Å². The predicted octanol–water partition coefficient (Wildman–Crippen LogP) is 0.199. The molecule has 0 unspecified atom stereocenters. The van der Waals surface area contributed by atoms with Gasteiger partial charge in [0.1, 0.15) is 6.33 Å². The minimum atomic E-state index is 0.371. The van der Waals surface area contributed by atoms with Crippen LogP contribution in [0.1, 0.15) is 0 Å². The number of hydrogen-bond acceptors (Lipinski definition) is 3. The summed E-state index contributed by atoms with van der Waals surface area (Å²) in [6.07, 6.45) is 4.91. The van der Waals surface area contributed by atoms with E-state index in [1.807, 2.05) is 0 Å². The van der Waals surface area contributed by atoms with Gasteiger partial charge in [0.2, 0.25) is 0 Å². The highest BCUT2D eigenvalue weighted by atomic mass is 32.1. The van der Waals surface area contributed by atoms with Crippen molar-refractivity contribution >= 4 is 12.6 Å². The summed E-state index contributed by atoms with van der Waals surface area (Å²) in [4.78, 5) is 8.61. The standard InChI is InChI=1S/C4H6N2OS/c8-4-7-6-2-1-5-3-6/h1-3,8H,4H2. The lowest BCUT2D eigenvalue weighted by molar-refractivity contribution is 0.153. The molecule has 0 amide bonds. The zero-order valence-corrected chi connectivity index (χ0v) is 5.08. The molecule has 0 spiro atoms. The van der Waals surface area contributed by atoms with E-state index in [2.05, 4.69) is 17.6 Å². The second-order valence-corrected chi connectivity index (χ2v) is 1.44. The highest BCUT2D eigenvalue weighted by molar-refractivity contribution is 7.80. The molecule has 8 heavy (non-hydrogen) atoms. The fraction of sp³-hybridized carbons (Fsp3) is 0.250. The van der Waals surface area contributed by atoms with Gasteiger partial charge in [0.15, 0.2) is 5.94 Å². The summed E-state index contributed by atoms with van der Waals surface area (Å²) >= 11 is 3.84. The van der Waals surface area contributed by atoms with Crippen molar-refractivity contribution in [2.45, 2.75) is 0 Å². The molecule has 4 heteroatoms. The van der Waals surface area contributed by atoms with E-state index in [0.717, 1.165) is 0 Å². The fourth-order valence-electron chi connectivity index (χ4n) is 0.390. The molecule has 0 saturated carbocycles. The molecule has 0 saturated heterocycles. The predicted molar refractivity (Wildman–Crippen MR) is 32.7 cm³/mol. The van der Waals surface area contributed by atoms with Crippen LogP contribution in [0.3, 0.4) is 0 Å². The monoisotopic (exact) mass is 130 g/mol. The molecule has 1 aromatic rings. The lowest BCUT2D eigenvalue weighted by Gasteiger charge is -1.97. The SMILES string of the molecule is SCOn1ccnc1. The molecule has 0 aromatic carbocycles. The summed E-state index contributed by atoms with van der Waals surface area (Å²) in [5, 5.41) is 0. The van der Waals surface area contributed by atoms with E-state index < -0.39 is 0 Å². The summed E-state index contributed by atoms with van der Waals surface area (Å²) in [6, 6.07) is 0. The van der Waals surface area contributed by atoms with E-state index in [4.69, 9.17) is 4.84 Å². The van der Waals surface area contributed by atoms with Gasteiger partial charge < -0.3 is 4.84 Å². The van der Waals surface area contributed by atoms with Gasteiger partial charge in [-0.25, -0.2) is 4.98 Å². The van der Waals surface area contributed by atoms with Crippen LogP contribution in [0, 0.1) is 0 Å². The average Bonchev–Trinajstić information content (AvgIpc) is 2.19. The third-order valence-corrected chi connectivity index (χ3v) is 0.802. The number of thiol groups is 1. The van der Waals surface area contributed by atoms with Crippen molar-refractivity contribution in [1.29, 1.82) is 0 Å². The molecular weight excluding hydrogens is 124 g/mol. The van der Waals surface area contributed by atoms with Gasteiger partial charge in [0.25, 0.3) is 0 Å². The number of hydrogen-bond donors (Lipinski definition) is 1. The Morgan fingerprint density at radius 2 is 2.62 bits per heavy atom. The van der Waals surface area contributed by atoms with Gasteiger partial charge >= 0.3 is 0 Å². The van der Waals surface area contributed by atoms with Crippen LogP contribution in [-0.2, 0) is 0 Å². The first-order valence-corrected chi connectivity index (χ1v) is 2.79. The number of aromatic nitrogens is 2. The summed E-state index contributed by atoms with van der Waals surface area (Å²) in [5.74, 6) is 0.371. The highest BCUT2D eigenvalue weighted by Gasteiger charge is 1.81. The van der Waals surface area contributed by atoms with Crippen LogP contribution < -0.4 is 4.84 Å². The second-order valence-electron chi connectivity index (χ2n) is 1.18. The molecule has 1 heterocycles. The van der Waals surface area contributed by atoms with Crippen molar-refractivity contribution in [1.82, 2.24) is 9.71 Å². The highest BCUT2D eigenvalue weighted by Crippen LogP contribution is 1.79. The van der Waals surface area contributed by atoms with E-state index in [9.17, 15) is 0 Å². The molecule has 1 aromatic heterocycles. The van der Waals surface area contributed by atoms with Gasteiger partial charge in [0.05, 0.1) is 6.20 Å². The normalized spacial score (nSPS) is 9.12. The van der Waals surface area contributed by atoms with Crippen LogP contribution in [0.4, 0.5) is 0 Å². The summed E-state index contributed by atoms with van der Waals surface area (Å²) in [6.45, 7) is 0. The van der Waals surface area contributed by atoms with E-state index >= 15 is 0 Å². The zero-order chi connectivity index (χ0) is 5.82. The van der Waals surface area contributed by atoms with Gasteiger partial charge in [-0.1, -0.05) is 0 Å². The van der Waals surface area contributed by atoms with Gasteiger partial charge in [-0.05, 0) is 0 Å². The van der Waals surface area contributed by atoms with Gasteiger partial charge in [-0.3, -0.25) is 0 Å². The largest absolute Gasteiger partial charge is 0.402 e. The first-order valence-electron chi connectivity index (χ1n) is 2.15. The lowest BCUT2D eigenvalue weighted by Crippen LogP contribution is -2.05. The first-order chi connectivity index (χ1) is 3.93. The minimum absolute atomic E-state index is 0.371. The molecule has 0 aliphatic rings. The van der Waals surface area contributed by atoms with Crippen molar-refractivity contribution in [2.24, 2.45) is 0 Å². The molecule has 44 valence electrons. The molecular formula is C4H6N2OS. The van der Waals surface area contributed by atoms with E-state index in [-0.39, 0.29) is 0 Å². The molecule has 0 atom stereocenters. The van der Waals surface area contributed by atoms with Crippen molar-refractivity contribution in [2.75, 3.05) is 5.94 Å². The maximum atomic E-state index is 4.86. The Morgan fingerprint density at radius 3 is 3.12 bits per heavy atom. The van der Waals surface area contributed by atoms with Crippen LogP contribution in [0.15, 0.2) is 18.7 Å². The van der Waals surface area contributed by atoms with Gasteiger partial charge in [-0.2, -0.15) is 4.73 Å². The third kappa shape index (κ3) is 1.16. The van der Waals surface area contributed by atoms with Crippen LogP contribution in [0.25, 0.3) is 0 Å². The van der Waals surface area contributed by atoms with E-state index in [1.54, 1.807) is 18.7 Å².